The topological polar surface area (TPSA) is 56.5 Å². The Morgan fingerprint density at radius 2 is 2.06 bits per heavy atom. The summed E-state index contributed by atoms with van der Waals surface area (Å²) in [5.74, 6) is 0. The molecule has 5 nitrogen and oxygen atoms in total. The smallest absolute Gasteiger partial charge is 0.410 e. The van der Waals surface area contributed by atoms with Crippen molar-refractivity contribution >= 4 is 6.09 Å². The third-order valence-corrected chi connectivity index (χ3v) is 2.49. The number of amides is 1. The number of hydrogen-bond acceptors (Lipinski definition) is 3. The molecule has 0 spiro atoms. The van der Waals surface area contributed by atoms with Gasteiger partial charge in [0.25, 0.3) is 0 Å². The second kappa shape index (κ2) is 3.91. The van der Waals surface area contributed by atoms with Crippen LogP contribution in [-0.4, -0.2) is 16.6 Å². The number of carbonyl (C=O) groups is 1. The monoisotopic (exact) mass is 236 g/mol. The van der Waals surface area contributed by atoms with Crippen LogP contribution in [0.15, 0.2) is 18.5 Å². The molecule has 17 heavy (non-hydrogen) atoms. The summed E-state index contributed by atoms with van der Waals surface area (Å²) >= 11 is 0. The minimum atomic E-state index is -0.496. The predicted octanol–water partition coefficient (Wildman–Crippen LogP) is 1.57. The van der Waals surface area contributed by atoms with Crippen molar-refractivity contribution in [3.8, 4) is 0 Å². The maximum atomic E-state index is 11.8. The maximum Gasteiger partial charge on any atom is 0.410 e. The lowest BCUT2D eigenvalue weighted by Crippen LogP contribution is -2.33. The van der Waals surface area contributed by atoms with Gasteiger partial charge in [0, 0.05) is 11.6 Å². The molecule has 0 atom stereocenters. The number of aromatic nitrogens is 1. The van der Waals surface area contributed by atoms with Crippen LogP contribution in [0.5, 0.6) is 0 Å². The van der Waals surface area contributed by atoms with Crippen molar-refractivity contribution in [2.75, 3.05) is 0 Å². The lowest BCUT2D eigenvalue weighted by Gasteiger charge is -2.24. The van der Waals surface area contributed by atoms with E-state index in [1.807, 2.05) is 20.8 Å². The van der Waals surface area contributed by atoms with Crippen LogP contribution in [0.3, 0.4) is 0 Å². The fraction of sp³-hybridized carbons (Fsp3) is 0.500. The molecule has 1 aliphatic rings. The van der Waals surface area contributed by atoms with Gasteiger partial charge in [-0.2, -0.15) is 4.73 Å². The molecule has 2 heterocycles. The first-order chi connectivity index (χ1) is 7.85. The summed E-state index contributed by atoms with van der Waals surface area (Å²) < 4.78 is 6.03. The first kappa shape index (κ1) is 11.7. The van der Waals surface area contributed by atoms with Gasteiger partial charge in [0.15, 0.2) is 12.4 Å². The van der Waals surface area contributed by atoms with Gasteiger partial charge in [-0.3, -0.25) is 4.90 Å². The fourth-order valence-corrected chi connectivity index (χ4v) is 1.77. The zero-order valence-electron chi connectivity index (χ0n) is 10.3. The molecule has 0 aromatic carbocycles. The molecule has 1 aromatic heterocycles. The van der Waals surface area contributed by atoms with Gasteiger partial charge in [0.2, 0.25) is 0 Å². The summed E-state index contributed by atoms with van der Waals surface area (Å²) in [6.45, 7) is 6.44. The van der Waals surface area contributed by atoms with E-state index in [9.17, 15) is 10.0 Å². The molecule has 0 N–H and O–H groups in total. The Hall–Kier alpha value is -1.78. The zero-order valence-corrected chi connectivity index (χ0v) is 10.3. The molecule has 92 valence electrons. The summed E-state index contributed by atoms with van der Waals surface area (Å²) in [4.78, 5) is 13.4. The van der Waals surface area contributed by atoms with Crippen molar-refractivity contribution in [3.05, 3.63) is 34.8 Å². The molecule has 0 radical (unpaired) electrons. The van der Waals surface area contributed by atoms with E-state index in [-0.39, 0.29) is 6.09 Å². The Bertz CT molecular complexity index is 452. The molecule has 0 unspecified atom stereocenters. The summed E-state index contributed by atoms with van der Waals surface area (Å²) in [6, 6.07) is 1.74. The van der Waals surface area contributed by atoms with E-state index in [0.717, 1.165) is 15.9 Å². The maximum absolute atomic E-state index is 11.8. The van der Waals surface area contributed by atoms with Crippen molar-refractivity contribution in [3.63, 3.8) is 0 Å². The van der Waals surface area contributed by atoms with E-state index in [1.165, 1.54) is 12.4 Å². The number of hydrogen-bond donors (Lipinski definition) is 0. The molecular weight excluding hydrogens is 220 g/mol. The summed E-state index contributed by atoms with van der Waals surface area (Å²) in [7, 11) is 0. The lowest BCUT2D eigenvalue weighted by molar-refractivity contribution is -0.605. The highest BCUT2D eigenvalue weighted by Crippen LogP contribution is 2.22. The first-order valence-electron chi connectivity index (χ1n) is 5.54. The van der Waals surface area contributed by atoms with Crippen LogP contribution >= 0.6 is 0 Å². The number of pyridine rings is 1. The molecule has 0 aliphatic carbocycles. The molecule has 5 heteroatoms. The van der Waals surface area contributed by atoms with Crippen LogP contribution in [0.4, 0.5) is 4.79 Å². The van der Waals surface area contributed by atoms with Crippen LogP contribution in [0.25, 0.3) is 0 Å². The van der Waals surface area contributed by atoms with E-state index < -0.39 is 5.60 Å². The SMILES string of the molecule is CC(C)(C)OC(=O)N1Cc2cc[n+]([O-])cc2C1. The zero-order chi connectivity index (χ0) is 12.6. The molecule has 0 fully saturated rings. The van der Waals surface area contributed by atoms with Gasteiger partial charge in [-0.1, -0.05) is 0 Å². The van der Waals surface area contributed by atoms with Crippen molar-refractivity contribution in [1.82, 2.24) is 4.90 Å². The molecule has 0 saturated heterocycles. The highest BCUT2D eigenvalue weighted by molar-refractivity contribution is 5.69. The molecule has 1 aromatic rings. The van der Waals surface area contributed by atoms with Gasteiger partial charge in [0.05, 0.1) is 13.1 Å². The quantitative estimate of drug-likeness (QED) is 0.507. The van der Waals surface area contributed by atoms with Crippen LogP contribution in [0.2, 0.25) is 0 Å². The van der Waals surface area contributed by atoms with Crippen LogP contribution in [0, 0.1) is 5.21 Å². The van der Waals surface area contributed by atoms with E-state index in [1.54, 1.807) is 11.0 Å². The molecule has 1 amide bonds. The molecule has 2 rings (SSSR count). The second-order valence-corrected chi connectivity index (χ2v) is 5.19. The Labute approximate surface area is 100 Å². The van der Waals surface area contributed by atoms with Gasteiger partial charge >= 0.3 is 6.09 Å². The van der Waals surface area contributed by atoms with Gasteiger partial charge in [0.1, 0.15) is 5.60 Å². The molecule has 0 saturated carbocycles. The van der Waals surface area contributed by atoms with Crippen molar-refractivity contribution in [2.45, 2.75) is 39.5 Å². The first-order valence-corrected chi connectivity index (χ1v) is 5.54. The Balaban J connectivity index is 2.07. The summed E-state index contributed by atoms with van der Waals surface area (Å²) in [5.41, 5.74) is 1.39. The minimum absolute atomic E-state index is 0.342. The predicted molar refractivity (Wildman–Crippen MR) is 60.9 cm³/mol. The largest absolute Gasteiger partial charge is 0.619 e. The fourth-order valence-electron chi connectivity index (χ4n) is 1.77. The van der Waals surface area contributed by atoms with E-state index >= 15 is 0 Å². The molecular formula is C12H16N2O3. The average molecular weight is 236 g/mol. The minimum Gasteiger partial charge on any atom is -0.619 e. The molecule has 0 bridgehead atoms. The van der Waals surface area contributed by atoms with Gasteiger partial charge in [-0.25, -0.2) is 4.79 Å². The third kappa shape index (κ3) is 2.67. The Morgan fingerprint density at radius 1 is 1.41 bits per heavy atom. The van der Waals surface area contributed by atoms with Gasteiger partial charge < -0.3 is 9.94 Å². The number of fused-ring (bicyclic) bond motifs is 1. The highest BCUT2D eigenvalue weighted by Gasteiger charge is 2.28. The van der Waals surface area contributed by atoms with Gasteiger partial charge in [-0.15, -0.1) is 0 Å². The van der Waals surface area contributed by atoms with Crippen LogP contribution in [0.1, 0.15) is 31.9 Å². The lowest BCUT2D eigenvalue weighted by atomic mass is 10.2. The summed E-state index contributed by atoms with van der Waals surface area (Å²) in [5, 5.41) is 11.1. The van der Waals surface area contributed by atoms with Crippen molar-refractivity contribution in [1.29, 1.82) is 0 Å². The van der Waals surface area contributed by atoms with Crippen molar-refractivity contribution in [2.24, 2.45) is 0 Å². The van der Waals surface area contributed by atoms with Gasteiger partial charge in [-0.05, 0) is 26.3 Å². The Kier molecular flexibility index (Phi) is 2.69. The number of nitrogens with zero attached hydrogens (tertiary/aromatic N) is 2. The van der Waals surface area contributed by atoms with Crippen LogP contribution < -0.4 is 4.73 Å². The highest BCUT2D eigenvalue weighted by atomic mass is 16.6. The van der Waals surface area contributed by atoms with E-state index in [4.69, 9.17) is 4.74 Å². The van der Waals surface area contributed by atoms with Crippen molar-refractivity contribution < 1.29 is 14.3 Å². The number of ether oxygens (including phenoxy) is 1. The third-order valence-electron chi connectivity index (χ3n) is 2.49. The second-order valence-electron chi connectivity index (χ2n) is 5.19. The van der Waals surface area contributed by atoms with E-state index in [0.29, 0.717) is 13.1 Å². The summed E-state index contributed by atoms with van der Waals surface area (Å²) in [6.07, 6.45) is 2.60. The number of rotatable bonds is 0. The normalized spacial score (nSPS) is 14.6. The van der Waals surface area contributed by atoms with E-state index in [2.05, 4.69) is 0 Å². The van der Waals surface area contributed by atoms with Crippen LogP contribution in [-0.2, 0) is 17.8 Å². The molecule has 1 aliphatic heterocycles. The Morgan fingerprint density at radius 3 is 2.71 bits per heavy atom. The number of carbonyl (C=O) groups excluding carboxylic acids is 1. The standard InChI is InChI=1S/C12H16N2O3/c1-12(2,3)17-11(15)13-6-9-4-5-14(16)8-10(9)7-13/h4-5,8H,6-7H2,1-3H3. The average Bonchev–Trinajstić information content (AvgIpc) is 2.57.